The molecule has 2 saturated heterocycles. The van der Waals surface area contributed by atoms with Gasteiger partial charge < -0.3 is 35.8 Å². The molecule has 0 saturated carbocycles. The Balaban J connectivity index is 1.71. The highest BCUT2D eigenvalue weighted by Crippen LogP contribution is 2.41. The minimum absolute atomic E-state index is 0.109. The van der Waals surface area contributed by atoms with Crippen molar-refractivity contribution < 1.29 is 34.4 Å². The Morgan fingerprint density at radius 2 is 1.79 bits per heavy atom. The van der Waals surface area contributed by atoms with Crippen molar-refractivity contribution in [1.29, 1.82) is 5.41 Å². The second-order valence-corrected chi connectivity index (χ2v) is 14.6. The molecule has 10 nitrogen and oxygen atoms in total. The van der Waals surface area contributed by atoms with Crippen molar-refractivity contribution in [1.82, 2.24) is 5.32 Å². The largest absolute Gasteiger partial charge is 0.393 e. The number of carbonyl (C=O) groups excluding carboxylic acids is 2. The van der Waals surface area contributed by atoms with Gasteiger partial charge in [-0.25, -0.2) is 0 Å². The Kier molecular flexibility index (Phi) is 17.4. The fourth-order valence-corrected chi connectivity index (χ4v) is 6.40. The fourth-order valence-electron chi connectivity index (χ4n) is 6.40. The van der Waals surface area contributed by atoms with E-state index in [1.54, 1.807) is 19.1 Å². The van der Waals surface area contributed by atoms with E-state index in [0.29, 0.717) is 45.1 Å². The summed E-state index contributed by atoms with van der Waals surface area (Å²) in [6.07, 6.45) is 14.4. The smallest absolute Gasteiger partial charge is 0.243 e. The number of rotatable bonds is 20. The standard InChI is InChI=1S/C38H63N3O7/c1-26-25-38(6,48-28(3)27(26)2)36(46)31(43)21-20-30-24-32(44)37(4,5)33(47-30)23-29(42)17-13-10-8-7-9-11-15-19-35(45)41-22-16-12-14-18-34(39)40/h7-9,11,15,19,27-30,32-33,36,42,44,46H,1,10,12-14,16-18,20-25H2,2-6H3,(H3,39,40)(H,41,45)/b8-7+,11-9+,19-15+/t27-,28-,29-,30-,32+,33-,36-,38-/m1/s1. The lowest BCUT2D eigenvalue weighted by Crippen LogP contribution is -2.53. The summed E-state index contributed by atoms with van der Waals surface area (Å²) in [5.74, 6) is -0.0885. The number of nitrogens with one attached hydrogen (secondary N) is 2. The van der Waals surface area contributed by atoms with Crippen LogP contribution in [0.25, 0.3) is 0 Å². The fraction of sp³-hybridized carbons (Fsp3) is 0.711. The summed E-state index contributed by atoms with van der Waals surface area (Å²) < 4.78 is 12.4. The molecule has 2 aliphatic rings. The molecule has 272 valence electrons. The van der Waals surface area contributed by atoms with Gasteiger partial charge in [0.1, 0.15) is 11.7 Å². The summed E-state index contributed by atoms with van der Waals surface area (Å²) in [7, 11) is 0. The van der Waals surface area contributed by atoms with Gasteiger partial charge in [-0.15, -0.1) is 0 Å². The normalized spacial score (nSPS) is 29.0. The van der Waals surface area contributed by atoms with Gasteiger partial charge in [0.05, 0.1) is 36.4 Å². The third-order valence-corrected chi connectivity index (χ3v) is 10.0. The van der Waals surface area contributed by atoms with Crippen LogP contribution in [0.4, 0.5) is 0 Å². The minimum Gasteiger partial charge on any atom is -0.393 e. The lowest BCUT2D eigenvalue weighted by atomic mass is 9.73. The lowest BCUT2D eigenvalue weighted by molar-refractivity contribution is -0.188. The van der Waals surface area contributed by atoms with Crippen LogP contribution in [0.2, 0.25) is 0 Å². The molecule has 2 aliphatic heterocycles. The average molecular weight is 674 g/mol. The molecule has 0 aromatic carbocycles. The molecule has 48 heavy (non-hydrogen) atoms. The Labute approximate surface area is 288 Å². The Bertz CT molecular complexity index is 1150. The molecule has 2 rings (SSSR count). The first-order valence-electron chi connectivity index (χ1n) is 17.7. The van der Waals surface area contributed by atoms with E-state index in [1.165, 1.54) is 6.08 Å². The van der Waals surface area contributed by atoms with Crippen LogP contribution in [0, 0.1) is 16.7 Å². The van der Waals surface area contributed by atoms with Gasteiger partial charge in [0.25, 0.3) is 0 Å². The number of ether oxygens (including phenoxy) is 2. The zero-order valence-electron chi connectivity index (χ0n) is 30.0. The van der Waals surface area contributed by atoms with Gasteiger partial charge in [0.2, 0.25) is 5.91 Å². The highest BCUT2D eigenvalue weighted by atomic mass is 16.5. The van der Waals surface area contributed by atoms with Gasteiger partial charge in [-0.1, -0.05) is 69.7 Å². The van der Waals surface area contributed by atoms with E-state index in [2.05, 4.69) is 11.9 Å². The van der Waals surface area contributed by atoms with Crippen LogP contribution in [0.3, 0.4) is 0 Å². The van der Waals surface area contributed by atoms with E-state index in [0.717, 1.165) is 37.7 Å². The Morgan fingerprint density at radius 3 is 2.48 bits per heavy atom. The highest BCUT2D eigenvalue weighted by Gasteiger charge is 2.47. The second kappa shape index (κ2) is 20.1. The molecule has 2 fully saturated rings. The molecule has 10 heteroatoms. The van der Waals surface area contributed by atoms with Crippen LogP contribution >= 0.6 is 0 Å². The van der Waals surface area contributed by atoms with Gasteiger partial charge in [-0.05, 0) is 52.4 Å². The van der Waals surface area contributed by atoms with Gasteiger partial charge in [-0.3, -0.25) is 15.0 Å². The van der Waals surface area contributed by atoms with Gasteiger partial charge in [0, 0.05) is 56.1 Å². The number of amides is 1. The van der Waals surface area contributed by atoms with Crippen molar-refractivity contribution >= 4 is 17.5 Å². The topological polar surface area (TPSA) is 175 Å². The number of unbranched alkanes of at least 4 members (excludes halogenated alkanes) is 3. The van der Waals surface area contributed by atoms with Gasteiger partial charge >= 0.3 is 0 Å². The monoisotopic (exact) mass is 673 g/mol. The number of carbonyl (C=O) groups is 2. The summed E-state index contributed by atoms with van der Waals surface area (Å²) >= 11 is 0. The number of amidine groups is 1. The Morgan fingerprint density at radius 1 is 1.08 bits per heavy atom. The van der Waals surface area contributed by atoms with Gasteiger partial charge in [-0.2, -0.15) is 0 Å². The van der Waals surface area contributed by atoms with E-state index in [-0.39, 0.29) is 48.2 Å². The summed E-state index contributed by atoms with van der Waals surface area (Å²) in [5, 5.41) is 42.7. The quantitative estimate of drug-likeness (QED) is 0.0255. The molecule has 7 N–H and O–H groups in total. The third-order valence-electron chi connectivity index (χ3n) is 10.0. The van der Waals surface area contributed by atoms with Crippen LogP contribution in [0.5, 0.6) is 0 Å². The number of aliphatic hydroxyl groups is 3. The van der Waals surface area contributed by atoms with E-state index < -0.39 is 29.3 Å². The number of ketones is 1. The minimum atomic E-state index is -1.27. The third kappa shape index (κ3) is 13.7. The number of nitrogens with two attached hydrogens (primary N) is 1. The molecule has 0 bridgehead atoms. The van der Waals surface area contributed by atoms with E-state index >= 15 is 0 Å². The van der Waals surface area contributed by atoms with Gasteiger partial charge in [0.15, 0.2) is 5.78 Å². The van der Waals surface area contributed by atoms with Crippen molar-refractivity contribution in [2.45, 2.75) is 154 Å². The number of hydrogen-bond donors (Lipinski definition) is 6. The second-order valence-electron chi connectivity index (χ2n) is 14.6. The maximum Gasteiger partial charge on any atom is 0.243 e. The molecule has 0 aliphatic carbocycles. The molecule has 0 aromatic heterocycles. The van der Waals surface area contributed by atoms with Crippen molar-refractivity contribution in [3.8, 4) is 0 Å². The number of allylic oxidation sites excluding steroid dienone is 5. The number of hydrogen-bond acceptors (Lipinski definition) is 8. The summed E-state index contributed by atoms with van der Waals surface area (Å²) in [4.78, 5) is 24.9. The van der Waals surface area contributed by atoms with Crippen molar-refractivity contribution in [2.75, 3.05) is 6.54 Å². The maximum absolute atomic E-state index is 13.0. The van der Waals surface area contributed by atoms with E-state index in [1.807, 2.05) is 45.9 Å². The van der Waals surface area contributed by atoms with Crippen LogP contribution in [-0.2, 0) is 19.1 Å². The van der Waals surface area contributed by atoms with E-state index in [4.69, 9.17) is 20.6 Å². The first kappa shape index (κ1) is 41.5. The molecule has 0 radical (unpaired) electrons. The molecular formula is C38H63N3O7. The van der Waals surface area contributed by atoms with Crippen LogP contribution in [0.15, 0.2) is 48.6 Å². The van der Waals surface area contributed by atoms with Crippen LogP contribution in [-0.4, -0.2) is 81.6 Å². The summed E-state index contributed by atoms with van der Waals surface area (Å²) in [6, 6.07) is 0. The highest BCUT2D eigenvalue weighted by molar-refractivity contribution is 5.87. The lowest BCUT2D eigenvalue weighted by Gasteiger charge is -2.46. The van der Waals surface area contributed by atoms with Crippen LogP contribution < -0.4 is 11.1 Å². The SMILES string of the molecule is C=C1C[C@](C)([C@H](O)C(=O)CC[C@@H]2C[C@H](O)C(C)(C)[C@@H](C[C@H](O)CCC/C=C/C=C/C=C/C(=O)NCCCCCC(=N)N)O2)O[C@H](C)[C@@H]1C. The zero-order chi connectivity index (χ0) is 35.9. The molecular weight excluding hydrogens is 610 g/mol. The van der Waals surface area contributed by atoms with Crippen molar-refractivity contribution in [2.24, 2.45) is 17.1 Å². The van der Waals surface area contributed by atoms with Crippen molar-refractivity contribution in [3.05, 3.63) is 48.6 Å². The zero-order valence-corrected chi connectivity index (χ0v) is 30.0. The average Bonchev–Trinajstić information content (AvgIpc) is 3.01. The first-order chi connectivity index (χ1) is 22.6. The molecule has 1 amide bonds. The predicted molar refractivity (Wildman–Crippen MR) is 190 cm³/mol. The van der Waals surface area contributed by atoms with Crippen LogP contribution in [0.1, 0.15) is 112 Å². The molecule has 8 atom stereocenters. The predicted octanol–water partition coefficient (Wildman–Crippen LogP) is 5.20. The Hall–Kier alpha value is -2.63. The number of Topliss-reactive ketones (excluding diaryl/α,β-unsaturated/α-hetero) is 1. The maximum atomic E-state index is 13.0. The molecule has 0 aromatic rings. The molecule has 0 unspecified atom stereocenters. The van der Waals surface area contributed by atoms with Crippen molar-refractivity contribution in [3.63, 3.8) is 0 Å². The van der Waals surface area contributed by atoms with E-state index in [9.17, 15) is 24.9 Å². The summed E-state index contributed by atoms with van der Waals surface area (Å²) in [5.41, 5.74) is 4.73. The molecule has 0 spiro atoms. The molecule has 2 heterocycles. The number of aliphatic hydroxyl groups excluding tert-OH is 3. The first-order valence-corrected chi connectivity index (χ1v) is 17.7. The summed E-state index contributed by atoms with van der Waals surface area (Å²) in [6.45, 7) is 14.3.